The molecule has 2 saturated heterocycles. The third kappa shape index (κ3) is 3.58. The summed E-state index contributed by atoms with van der Waals surface area (Å²) >= 11 is 0. The van der Waals surface area contributed by atoms with Crippen molar-refractivity contribution in [1.29, 1.82) is 0 Å². The first-order valence-electron chi connectivity index (χ1n) is 7.55. The van der Waals surface area contributed by atoms with E-state index in [4.69, 9.17) is 15.2 Å². The number of ether oxygens (including phenoxy) is 2. The topological polar surface area (TPSA) is 120 Å². The van der Waals surface area contributed by atoms with Crippen LogP contribution in [0.15, 0.2) is 17.1 Å². The van der Waals surface area contributed by atoms with E-state index in [9.17, 15) is 14.7 Å². The van der Waals surface area contributed by atoms with E-state index in [1.165, 1.54) is 16.8 Å². The van der Waals surface area contributed by atoms with Crippen LogP contribution in [0.4, 0.5) is 5.82 Å². The van der Waals surface area contributed by atoms with Crippen LogP contribution in [0.1, 0.15) is 12.6 Å². The Bertz CT molecular complexity index is 628. The lowest BCUT2D eigenvalue weighted by Crippen LogP contribution is -2.44. The fourth-order valence-corrected chi connectivity index (χ4v) is 2.83. The zero-order valence-corrected chi connectivity index (χ0v) is 12.6. The van der Waals surface area contributed by atoms with Crippen molar-refractivity contribution in [3.8, 4) is 0 Å². The van der Waals surface area contributed by atoms with Crippen molar-refractivity contribution < 1.29 is 19.4 Å². The van der Waals surface area contributed by atoms with Gasteiger partial charge in [-0.15, -0.1) is 0 Å². The first-order valence-corrected chi connectivity index (χ1v) is 7.55. The van der Waals surface area contributed by atoms with E-state index < -0.39 is 24.1 Å². The first-order chi connectivity index (χ1) is 11.0. The lowest BCUT2D eigenvalue weighted by Gasteiger charge is -2.27. The van der Waals surface area contributed by atoms with Gasteiger partial charge in [0.2, 0.25) is 0 Å². The molecule has 3 atom stereocenters. The number of hydrogen-bond donors (Lipinski definition) is 2. The Morgan fingerprint density at radius 2 is 2.17 bits per heavy atom. The summed E-state index contributed by atoms with van der Waals surface area (Å²) in [6.07, 6.45) is -0.989. The van der Waals surface area contributed by atoms with E-state index in [-0.39, 0.29) is 24.6 Å². The molecule has 23 heavy (non-hydrogen) atoms. The Labute approximate surface area is 132 Å². The van der Waals surface area contributed by atoms with Gasteiger partial charge in [-0.1, -0.05) is 0 Å². The number of anilines is 1. The van der Waals surface area contributed by atoms with E-state index in [1.807, 2.05) is 4.90 Å². The van der Waals surface area contributed by atoms with E-state index in [0.717, 1.165) is 0 Å². The van der Waals surface area contributed by atoms with Crippen molar-refractivity contribution in [3.63, 3.8) is 0 Å². The highest BCUT2D eigenvalue weighted by molar-refractivity contribution is 5.85. The molecule has 126 valence electrons. The number of rotatable bonds is 4. The number of nitrogens with two attached hydrogens (primary N) is 1. The number of carbonyl (C=O) groups is 1. The molecule has 3 heterocycles. The number of nitrogen functional groups attached to an aromatic ring is 1. The summed E-state index contributed by atoms with van der Waals surface area (Å²) in [5.41, 5.74) is 4.88. The average molecular weight is 324 g/mol. The Morgan fingerprint density at radius 3 is 2.87 bits per heavy atom. The molecule has 3 rings (SSSR count). The van der Waals surface area contributed by atoms with Crippen molar-refractivity contribution in [2.24, 2.45) is 0 Å². The molecule has 2 fully saturated rings. The molecular weight excluding hydrogens is 304 g/mol. The zero-order chi connectivity index (χ0) is 16.4. The number of aliphatic hydroxyl groups excluding tert-OH is 1. The molecule has 0 aliphatic carbocycles. The van der Waals surface area contributed by atoms with Gasteiger partial charge >= 0.3 is 5.69 Å². The monoisotopic (exact) mass is 324 g/mol. The SMILES string of the molecule is Nc1ccn([C@H]2C[C@H](O)[C@@H](C(=O)CN3CCOCC3)O2)c(=O)n1. The van der Waals surface area contributed by atoms with Crippen LogP contribution in [-0.4, -0.2) is 70.4 Å². The number of Topliss-reactive ketones (excluding diaryl/α,β-unsaturated/α-hetero) is 1. The van der Waals surface area contributed by atoms with Crippen LogP contribution in [-0.2, 0) is 14.3 Å². The summed E-state index contributed by atoms with van der Waals surface area (Å²) in [6, 6.07) is 1.47. The molecule has 0 spiro atoms. The fraction of sp³-hybridized carbons (Fsp3) is 0.643. The van der Waals surface area contributed by atoms with Gasteiger partial charge in [-0.05, 0) is 6.07 Å². The molecule has 9 nitrogen and oxygen atoms in total. The average Bonchev–Trinajstić information content (AvgIpc) is 2.90. The highest BCUT2D eigenvalue weighted by Gasteiger charge is 2.40. The largest absolute Gasteiger partial charge is 0.390 e. The van der Waals surface area contributed by atoms with Crippen molar-refractivity contribution in [1.82, 2.24) is 14.5 Å². The third-order valence-corrected chi connectivity index (χ3v) is 4.06. The minimum absolute atomic E-state index is 0.115. The molecule has 1 aromatic rings. The van der Waals surface area contributed by atoms with E-state index in [0.29, 0.717) is 26.3 Å². The molecule has 0 amide bonds. The summed E-state index contributed by atoms with van der Waals surface area (Å²) in [6.45, 7) is 2.75. The van der Waals surface area contributed by atoms with Crippen molar-refractivity contribution in [2.75, 3.05) is 38.6 Å². The van der Waals surface area contributed by atoms with Crippen LogP contribution < -0.4 is 11.4 Å². The van der Waals surface area contributed by atoms with Crippen LogP contribution in [0.25, 0.3) is 0 Å². The van der Waals surface area contributed by atoms with Crippen molar-refractivity contribution in [3.05, 3.63) is 22.7 Å². The highest BCUT2D eigenvalue weighted by atomic mass is 16.5. The molecule has 0 saturated carbocycles. The second kappa shape index (κ2) is 6.75. The number of hydrogen-bond acceptors (Lipinski definition) is 8. The molecule has 1 aromatic heterocycles. The second-order valence-electron chi connectivity index (χ2n) is 5.71. The zero-order valence-electron chi connectivity index (χ0n) is 12.6. The molecule has 0 unspecified atom stereocenters. The predicted molar refractivity (Wildman–Crippen MR) is 79.7 cm³/mol. The van der Waals surface area contributed by atoms with Gasteiger partial charge < -0.3 is 20.3 Å². The molecular formula is C14H20N4O5. The Kier molecular flexibility index (Phi) is 4.71. The van der Waals surface area contributed by atoms with E-state index >= 15 is 0 Å². The summed E-state index contributed by atoms with van der Waals surface area (Å²) in [4.78, 5) is 29.8. The van der Waals surface area contributed by atoms with E-state index in [2.05, 4.69) is 4.98 Å². The third-order valence-electron chi connectivity index (χ3n) is 4.06. The van der Waals surface area contributed by atoms with Gasteiger partial charge in [-0.2, -0.15) is 4.98 Å². The van der Waals surface area contributed by atoms with Gasteiger partial charge in [0.05, 0.1) is 25.9 Å². The number of morpholine rings is 1. The smallest absolute Gasteiger partial charge is 0.351 e. The molecule has 0 radical (unpaired) electrons. The van der Waals surface area contributed by atoms with Crippen LogP contribution in [0.2, 0.25) is 0 Å². The second-order valence-corrected chi connectivity index (χ2v) is 5.71. The normalized spacial score (nSPS) is 28.8. The van der Waals surface area contributed by atoms with Gasteiger partial charge in [-0.3, -0.25) is 14.3 Å². The first kappa shape index (κ1) is 16.1. The van der Waals surface area contributed by atoms with Crippen LogP contribution in [0.3, 0.4) is 0 Å². The quantitative estimate of drug-likeness (QED) is 0.678. The predicted octanol–water partition coefficient (Wildman–Crippen LogP) is -1.62. The van der Waals surface area contributed by atoms with Gasteiger partial charge in [0, 0.05) is 25.7 Å². The minimum Gasteiger partial charge on any atom is -0.390 e. The maximum absolute atomic E-state index is 12.3. The van der Waals surface area contributed by atoms with Crippen LogP contribution in [0, 0.1) is 0 Å². The summed E-state index contributed by atoms with van der Waals surface area (Å²) in [5.74, 6) is -0.0805. The lowest BCUT2D eigenvalue weighted by atomic mass is 10.1. The maximum atomic E-state index is 12.3. The molecule has 2 aliphatic heterocycles. The number of ketones is 1. The molecule has 9 heteroatoms. The molecule has 2 aliphatic rings. The standard InChI is InChI=1S/C14H20N4O5/c15-11-1-2-18(14(21)16-11)12-7-9(19)13(23-12)10(20)8-17-3-5-22-6-4-17/h1-2,9,12-13,19H,3-8H2,(H2,15,16,21)/t9-,12+,13-/m0/s1. The van der Waals surface area contributed by atoms with Gasteiger partial charge in [-0.25, -0.2) is 4.79 Å². The van der Waals surface area contributed by atoms with Gasteiger partial charge in [0.15, 0.2) is 5.78 Å². The maximum Gasteiger partial charge on any atom is 0.351 e. The Hall–Kier alpha value is -1.81. The number of aliphatic hydroxyl groups is 1. The minimum atomic E-state index is -0.946. The van der Waals surface area contributed by atoms with E-state index in [1.54, 1.807) is 0 Å². The van der Waals surface area contributed by atoms with Gasteiger partial charge in [0.25, 0.3) is 0 Å². The summed E-state index contributed by atoms with van der Waals surface area (Å²) < 4.78 is 12.1. The Balaban J connectivity index is 1.65. The molecule has 0 bridgehead atoms. The summed E-state index contributed by atoms with van der Waals surface area (Å²) in [5, 5.41) is 10.1. The summed E-state index contributed by atoms with van der Waals surface area (Å²) in [7, 11) is 0. The fourth-order valence-electron chi connectivity index (χ4n) is 2.83. The van der Waals surface area contributed by atoms with Crippen molar-refractivity contribution >= 4 is 11.6 Å². The van der Waals surface area contributed by atoms with Crippen LogP contribution >= 0.6 is 0 Å². The van der Waals surface area contributed by atoms with Crippen LogP contribution in [0.5, 0.6) is 0 Å². The number of nitrogens with zero attached hydrogens (tertiary/aromatic N) is 3. The number of aromatic nitrogens is 2. The van der Waals surface area contributed by atoms with Crippen molar-refractivity contribution in [2.45, 2.75) is 24.9 Å². The number of carbonyl (C=O) groups excluding carboxylic acids is 1. The highest BCUT2D eigenvalue weighted by Crippen LogP contribution is 2.28. The Morgan fingerprint density at radius 1 is 1.43 bits per heavy atom. The molecule has 0 aromatic carbocycles. The molecule has 3 N–H and O–H groups in total. The lowest BCUT2D eigenvalue weighted by molar-refractivity contribution is -0.137. The van der Waals surface area contributed by atoms with Gasteiger partial charge in [0.1, 0.15) is 18.1 Å².